The molecule has 0 aliphatic heterocycles. The van der Waals surface area contributed by atoms with Crippen LogP contribution in [-0.4, -0.2) is 41.0 Å². The van der Waals surface area contributed by atoms with Crippen molar-refractivity contribution in [1.29, 1.82) is 0 Å². The largest absolute Gasteiger partial charge is 0.395 e. The van der Waals surface area contributed by atoms with E-state index in [9.17, 15) is 14.4 Å². The molecule has 0 saturated carbocycles. The van der Waals surface area contributed by atoms with Crippen LogP contribution in [0.5, 0.6) is 0 Å². The van der Waals surface area contributed by atoms with Crippen molar-refractivity contribution in [3.05, 3.63) is 59.9 Å². The predicted molar refractivity (Wildman–Crippen MR) is 90.6 cm³/mol. The van der Waals surface area contributed by atoms with Crippen molar-refractivity contribution in [2.45, 2.75) is 6.54 Å². The molecule has 2 aromatic rings. The summed E-state index contributed by atoms with van der Waals surface area (Å²) < 4.78 is 0. The van der Waals surface area contributed by atoms with Crippen molar-refractivity contribution in [2.75, 3.05) is 18.5 Å². The van der Waals surface area contributed by atoms with Gasteiger partial charge in [0.25, 0.3) is 5.91 Å². The summed E-state index contributed by atoms with van der Waals surface area (Å²) in [5.74, 6) is -2.19. The summed E-state index contributed by atoms with van der Waals surface area (Å²) >= 11 is 0. The first-order valence-corrected chi connectivity index (χ1v) is 7.58. The number of nitrogens with one attached hydrogen (secondary N) is 3. The van der Waals surface area contributed by atoms with Crippen molar-refractivity contribution in [3.8, 4) is 0 Å². The van der Waals surface area contributed by atoms with Crippen LogP contribution in [0.2, 0.25) is 0 Å². The summed E-state index contributed by atoms with van der Waals surface area (Å²) in [4.78, 5) is 39.6. The van der Waals surface area contributed by atoms with E-state index < -0.39 is 11.8 Å². The summed E-state index contributed by atoms with van der Waals surface area (Å²) in [5, 5.41) is 16.0. The van der Waals surface area contributed by atoms with E-state index in [2.05, 4.69) is 20.9 Å². The Bertz CT molecular complexity index is 749. The Morgan fingerprint density at radius 1 is 0.960 bits per heavy atom. The van der Waals surface area contributed by atoms with Crippen LogP contribution in [0.4, 0.5) is 5.69 Å². The van der Waals surface area contributed by atoms with Crippen molar-refractivity contribution < 1.29 is 19.5 Å². The van der Waals surface area contributed by atoms with Gasteiger partial charge in [-0.05, 0) is 29.8 Å². The van der Waals surface area contributed by atoms with Gasteiger partial charge in [-0.15, -0.1) is 0 Å². The van der Waals surface area contributed by atoms with Crippen LogP contribution in [0, 0.1) is 0 Å². The maximum absolute atomic E-state index is 12.4. The third kappa shape index (κ3) is 5.40. The molecular weight excluding hydrogens is 324 g/mol. The monoisotopic (exact) mass is 342 g/mol. The highest BCUT2D eigenvalue weighted by Gasteiger charge is 2.17. The van der Waals surface area contributed by atoms with Gasteiger partial charge in [-0.2, -0.15) is 0 Å². The smallest absolute Gasteiger partial charge is 0.313 e. The molecule has 0 aliphatic carbocycles. The predicted octanol–water partition coefficient (Wildman–Crippen LogP) is 0.0586. The molecule has 8 nitrogen and oxygen atoms in total. The van der Waals surface area contributed by atoms with Crippen molar-refractivity contribution in [3.63, 3.8) is 0 Å². The SMILES string of the molecule is O=C(NCCO)C(=O)Nc1ccccc1C(=O)NCc1ccncc1. The minimum absolute atomic E-state index is 0.0275. The number of aromatic nitrogens is 1. The maximum atomic E-state index is 12.4. The van der Waals surface area contributed by atoms with Gasteiger partial charge in [-0.3, -0.25) is 19.4 Å². The molecule has 3 amide bonds. The summed E-state index contributed by atoms with van der Waals surface area (Å²) in [5.41, 5.74) is 1.34. The van der Waals surface area contributed by atoms with Crippen molar-refractivity contribution in [1.82, 2.24) is 15.6 Å². The number of aliphatic hydroxyl groups excluding tert-OH is 1. The quantitative estimate of drug-likeness (QED) is 0.553. The number of hydrogen-bond donors (Lipinski definition) is 4. The molecule has 0 radical (unpaired) electrons. The molecule has 130 valence electrons. The van der Waals surface area contributed by atoms with E-state index in [0.717, 1.165) is 5.56 Å². The van der Waals surface area contributed by atoms with Gasteiger partial charge in [0.1, 0.15) is 0 Å². The fourth-order valence-corrected chi connectivity index (χ4v) is 2.00. The van der Waals surface area contributed by atoms with Crippen LogP contribution in [0.1, 0.15) is 15.9 Å². The molecule has 2 rings (SSSR count). The molecule has 0 bridgehead atoms. The average Bonchev–Trinajstić information content (AvgIpc) is 2.65. The van der Waals surface area contributed by atoms with Gasteiger partial charge in [0.15, 0.2) is 0 Å². The lowest BCUT2D eigenvalue weighted by Gasteiger charge is -2.11. The van der Waals surface area contributed by atoms with E-state index in [1.54, 1.807) is 42.7 Å². The first-order valence-electron chi connectivity index (χ1n) is 7.58. The molecule has 1 heterocycles. The second-order valence-corrected chi connectivity index (χ2v) is 5.02. The van der Waals surface area contributed by atoms with Crippen LogP contribution in [0.15, 0.2) is 48.8 Å². The number of hydrogen-bond acceptors (Lipinski definition) is 5. The Labute approximate surface area is 144 Å². The molecule has 0 saturated heterocycles. The molecule has 1 aromatic heterocycles. The lowest BCUT2D eigenvalue weighted by molar-refractivity contribution is -0.136. The number of para-hydroxylation sites is 1. The Balaban J connectivity index is 2.02. The molecule has 0 spiro atoms. The average molecular weight is 342 g/mol. The van der Waals surface area contributed by atoms with E-state index in [-0.39, 0.29) is 30.3 Å². The second kappa shape index (κ2) is 9.14. The Kier molecular flexibility index (Phi) is 6.61. The van der Waals surface area contributed by atoms with Gasteiger partial charge in [-0.1, -0.05) is 12.1 Å². The van der Waals surface area contributed by atoms with Crippen LogP contribution < -0.4 is 16.0 Å². The number of anilines is 1. The molecule has 4 N–H and O–H groups in total. The van der Waals surface area contributed by atoms with Crippen LogP contribution in [0.3, 0.4) is 0 Å². The van der Waals surface area contributed by atoms with Crippen molar-refractivity contribution in [2.24, 2.45) is 0 Å². The molecular formula is C17H18N4O4. The van der Waals surface area contributed by atoms with Crippen LogP contribution in [-0.2, 0) is 16.1 Å². The fourth-order valence-electron chi connectivity index (χ4n) is 2.00. The van der Waals surface area contributed by atoms with E-state index in [1.165, 1.54) is 6.07 Å². The number of pyridine rings is 1. The van der Waals surface area contributed by atoms with Gasteiger partial charge in [0.05, 0.1) is 17.9 Å². The van der Waals surface area contributed by atoms with Crippen LogP contribution in [0.25, 0.3) is 0 Å². The van der Waals surface area contributed by atoms with Gasteiger partial charge in [0, 0.05) is 25.5 Å². The summed E-state index contributed by atoms with van der Waals surface area (Å²) in [6.45, 7) is 0.00789. The number of carbonyl (C=O) groups is 3. The molecule has 0 atom stereocenters. The number of aliphatic hydroxyl groups is 1. The first-order chi connectivity index (χ1) is 12.1. The third-order valence-corrected chi connectivity index (χ3v) is 3.23. The van der Waals surface area contributed by atoms with Gasteiger partial charge < -0.3 is 21.1 Å². The van der Waals surface area contributed by atoms with Gasteiger partial charge in [-0.25, -0.2) is 0 Å². The fraction of sp³-hybridized carbons (Fsp3) is 0.176. The van der Waals surface area contributed by atoms with E-state index >= 15 is 0 Å². The molecule has 25 heavy (non-hydrogen) atoms. The number of amides is 3. The summed E-state index contributed by atoms with van der Waals surface area (Å²) in [6.07, 6.45) is 3.25. The third-order valence-electron chi connectivity index (χ3n) is 3.23. The number of nitrogens with zero attached hydrogens (tertiary/aromatic N) is 1. The first kappa shape index (κ1) is 18.1. The Morgan fingerprint density at radius 2 is 1.68 bits per heavy atom. The topological polar surface area (TPSA) is 120 Å². The van der Waals surface area contributed by atoms with Gasteiger partial charge in [0.2, 0.25) is 0 Å². The van der Waals surface area contributed by atoms with Crippen LogP contribution >= 0.6 is 0 Å². The summed E-state index contributed by atoms with van der Waals surface area (Å²) in [7, 11) is 0. The highest BCUT2D eigenvalue weighted by Crippen LogP contribution is 2.15. The number of carbonyl (C=O) groups excluding carboxylic acids is 3. The second-order valence-electron chi connectivity index (χ2n) is 5.02. The number of benzene rings is 1. The molecule has 0 fully saturated rings. The Hall–Kier alpha value is -3.26. The lowest BCUT2D eigenvalue weighted by Crippen LogP contribution is -2.37. The zero-order chi connectivity index (χ0) is 18.1. The highest BCUT2D eigenvalue weighted by molar-refractivity contribution is 6.40. The standard InChI is InChI=1S/C17H18N4O4/c22-10-9-19-16(24)17(25)21-14-4-2-1-3-13(14)15(23)20-11-12-5-7-18-8-6-12/h1-8,22H,9-11H2,(H,19,24)(H,20,23)(H,21,25). The zero-order valence-electron chi connectivity index (χ0n) is 13.4. The normalized spacial score (nSPS) is 9.96. The molecule has 0 unspecified atom stereocenters. The molecule has 8 heteroatoms. The van der Waals surface area contributed by atoms with Gasteiger partial charge >= 0.3 is 11.8 Å². The van der Waals surface area contributed by atoms with Crippen molar-refractivity contribution >= 4 is 23.4 Å². The van der Waals surface area contributed by atoms with E-state index in [0.29, 0.717) is 6.54 Å². The molecule has 1 aromatic carbocycles. The lowest BCUT2D eigenvalue weighted by atomic mass is 10.1. The summed E-state index contributed by atoms with van der Waals surface area (Å²) in [6, 6.07) is 9.92. The highest BCUT2D eigenvalue weighted by atomic mass is 16.3. The minimum Gasteiger partial charge on any atom is -0.395 e. The zero-order valence-corrected chi connectivity index (χ0v) is 13.4. The van der Waals surface area contributed by atoms with E-state index in [1.807, 2.05) is 0 Å². The molecule has 0 aliphatic rings. The Morgan fingerprint density at radius 3 is 2.40 bits per heavy atom. The number of rotatable bonds is 6. The van der Waals surface area contributed by atoms with E-state index in [4.69, 9.17) is 5.11 Å². The minimum atomic E-state index is -0.914. The maximum Gasteiger partial charge on any atom is 0.313 e.